The fourth-order valence-corrected chi connectivity index (χ4v) is 0.722. The van der Waals surface area contributed by atoms with Crippen LogP contribution in [0.5, 0.6) is 5.75 Å². The number of hydrogen-bond donors (Lipinski definition) is 4. The summed E-state index contributed by atoms with van der Waals surface area (Å²) in [6, 6.07) is 4.40. The molecule has 1 rings (SSSR count). The second kappa shape index (κ2) is 2.49. The summed E-state index contributed by atoms with van der Waals surface area (Å²) in [5.41, 5.74) is 11.3. The van der Waals surface area contributed by atoms with E-state index in [9.17, 15) is 0 Å². The van der Waals surface area contributed by atoms with E-state index in [1.807, 2.05) is 0 Å². The van der Waals surface area contributed by atoms with Gasteiger partial charge in [0.1, 0.15) is 11.6 Å². The largest absolute Gasteiger partial charge is 0.506 e. The first-order chi connectivity index (χ1) is 5.11. The molecule has 11 heavy (non-hydrogen) atoms. The van der Waals surface area contributed by atoms with Gasteiger partial charge < -0.3 is 16.6 Å². The van der Waals surface area contributed by atoms with Crippen molar-refractivity contribution in [1.29, 1.82) is 5.41 Å². The highest BCUT2D eigenvalue weighted by Crippen LogP contribution is 2.19. The van der Waals surface area contributed by atoms with Crippen LogP contribution in [0.4, 0.5) is 5.69 Å². The molecule has 4 nitrogen and oxygen atoms in total. The molecule has 0 aromatic heterocycles. The molecule has 0 unspecified atom stereocenters. The van der Waals surface area contributed by atoms with Crippen LogP contribution in [0.25, 0.3) is 0 Å². The summed E-state index contributed by atoms with van der Waals surface area (Å²) in [5, 5.41) is 16.0. The lowest BCUT2D eigenvalue weighted by Crippen LogP contribution is -2.10. The van der Waals surface area contributed by atoms with Gasteiger partial charge in [-0.05, 0) is 18.2 Å². The van der Waals surface area contributed by atoms with Crippen molar-refractivity contribution in [2.75, 3.05) is 5.73 Å². The Bertz CT molecular complexity index is 296. The molecule has 4 heteroatoms. The number of nitrogens with one attached hydrogen (secondary N) is 1. The molecule has 0 spiro atoms. The number of hydrogen-bond acceptors (Lipinski definition) is 3. The number of rotatable bonds is 1. The summed E-state index contributed by atoms with van der Waals surface area (Å²) in [4.78, 5) is 0. The SMILES string of the molecule is N=C(N)c1ccc(O)c(N)c1. The minimum atomic E-state index is -0.0586. The first-order valence-electron chi connectivity index (χ1n) is 3.04. The van der Waals surface area contributed by atoms with Gasteiger partial charge in [0.25, 0.3) is 0 Å². The highest BCUT2D eigenvalue weighted by Gasteiger charge is 1.99. The lowest BCUT2D eigenvalue weighted by atomic mass is 10.2. The second-order valence-electron chi connectivity index (χ2n) is 2.19. The molecule has 0 aliphatic carbocycles. The van der Waals surface area contributed by atoms with Crippen molar-refractivity contribution in [2.45, 2.75) is 0 Å². The number of phenolic OH excluding ortho intramolecular Hbond substituents is 1. The van der Waals surface area contributed by atoms with E-state index in [0.29, 0.717) is 5.56 Å². The van der Waals surface area contributed by atoms with Gasteiger partial charge in [0.05, 0.1) is 5.69 Å². The third-order valence-electron chi connectivity index (χ3n) is 1.34. The normalized spacial score (nSPS) is 9.45. The molecule has 0 saturated heterocycles. The molecule has 0 fully saturated rings. The molecule has 0 aliphatic rings. The molecule has 6 N–H and O–H groups in total. The summed E-state index contributed by atoms with van der Waals surface area (Å²) in [6.07, 6.45) is 0. The zero-order valence-corrected chi connectivity index (χ0v) is 5.83. The second-order valence-corrected chi connectivity index (χ2v) is 2.19. The first-order valence-corrected chi connectivity index (χ1v) is 3.04. The monoisotopic (exact) mass is 151 g/mol. The van der Waals surface area contributed by atoms with Crippen LogP contribution in [-0.4, -0.2) is 10.9 Å². The van der Waals surface area contributed by atoms with E-state index in [1.165, 1.54) is 18.2 Å². The van der Waals surface area contributed by atoms with Crippen LogP contribution in [0, 0.1) is 5.41 Å². The maximum Gasteiger partial charge on any atom is 0.138 e. The Kier molecular flexibility index (Phi) is 1.68. The van der Waals surface area contributed by atoms with Crippen LogP contribution in [-0.2, 0) is 0 Å². The van der Waals surface area contributed by atoms with Crippen molar-refractivity contribution in [2.24, 2.45) is 5.73 Å². The summed E-state index contributed by atoms with van der Waals surface area (Å²) in [5.74, 6) is -0.0494. The van der Waals surface area contributed by atoms with Gasteiger partial charge in [-0.3, -0.25) is 5.41 Å². The van der Waals surface area contributed by atoms with Crippen LogP contribution < -0.4 is 11.5 Å². The molecule has 0 bridgehead atoms. The van der Waals surface area contributed by atoms with Gasteiger partial charge in [-0.25, -0.2) is 0 Å². The molecule has 0 radical (unpaired) electrons. The van der Waals surface area contributed by atoms with E-state index in [2.05, 4.69) is 0 Å². The van der Waals surface area contributed by atoms with Crippen LogP contribution in [0.3, 0.4) is 0 Å². The zero-order chi connectivity index (χ0) is 8.43. The van der Waals surface area contributed by atoms with Crippen molar-refractivity contribution < 1.29 is 5.11 Å². The Balaban J connectivity index is 3.15. The van der Waals surface area contributed by atoms with Gasteiger partial charge in [-0.15, -0.1) is 0 Å². The quantitative estimate of drug-likeness (QED) is 0.200. The lowest BCUT2D eigenvalue weighted by molar-refractivity contribution is 0.478. The first kappa shape index (κ1) is 7.40. The average molecular weight is 151 g/mol. The smallest absolute Gasteiger partial charge is 0.138 e. The third kappa shape index (κ3) is 1.40. The number of amidine groups is 1. The van der Waals surface area contributed by atoms with Gasteiger partial charge in [0.2, 0.25) is 0 Å². The molecule has 58 valence electrons. The Labute approximate surface area is 64.0 Å². The zero-order valence-electron chi connectivity index (χ0n) is 5.83. The van der Waals surface area contributed by atoms with Crippen LogP contribution >= 0.6 is 0 Å². The van der Waals surface area contributed by atoms with Gasteiger partial charge >= 0.3 is 0 Å². The van der Waals surface area contributed by atoms with E-state index < -0.39 is 0 Å². The molecule has 1 aromatic carbocycles. The molecule has 0 heterocycles. The van der Waals surface area contributed by atoms with Crippen molar-refractivity contribution in [3.05, 3.63) is 23.8 Å². The van der Waals surface area contributed by atoms with E-state index in [-0.39, 0.29) is 17.3 Å². The predicted octanol–water partition coefficient (Wildman–Crippen LogP) is 0.258. The third-order valence-corrected chi connectivity index (χ3v) is 1.34. The molecule has 0 atom stereocenters. The van der Waals surface area contributed by atoms with E-state index in [1.54, 1.807) is 0 Å². The van der Waals surface area contributed by atoms with Crippen molar-refractivity contribution >= 4 is 11.5 Å². The molecule has 0 saturated carbocycles. The summed E-state index contributed by atoms with van der Waals surface area (Å²) < 4.78 is 0. The van der Waals surface area contributed by atoms with Crippen molar-refractivity contribution in [3.8, 4) is 5.75 Å². The maximum absolute atomic E-state index is 8.99. The van der Waals surface area contributed by atoms with Gasteiger partial charge in [-0.1, -0.05) is 0 Å². The lowest BCUT2D eigenvalue weighted by Gasteiger charge is -2.00. The number of nitrogen functional groups attached to an aromatic ring is 2. The van der Waals surface area contributed by atoms with Gasteiger partial charge in [0.15, 0.2) is 0 Å². The Morgan fingerprint density at radius 3 is 2.55 bits per heavy atom. The number of benzene rings is 1. The fourth-order valence-electron chi connectivity index (χ4n) is 0.722. The topological polar surface area (TPSA) is 96.1 Å². The Morgan fingerprint density at radius 2 is 2.09 bits per heavy atom. The number of aromatic hydroxyl groups is 1. The molecular weight excluding hydrogens is 142 g/mol. The highest BCUT2D eigenvalue weighted by atomic mass is 16.3. The van der Waals surface area contributed by atoms with Gasteiger partial charge in [-0.2, -0.15) is 0 Å². The van der Waals surface area contributed by atoms with E-state index >= 15 is 0 Å². The maximum atomic E-state index is 8.99. The molecule has 0 amide bonds. The van der Waals surface area contributed by atoms with Crippen LogP contribution in [0.15, 0.2) is 18.2 Å². The fraction of sp³-hybridized carbons (Fsp3) is 0. The summed E-state index contributed by atoms with van der Waals surface area (Å²) in [7, 11) is 0. The molecular formula is C7H9N3O. The molecule has 1 aromatic rings. The standard InChI is InChI=1S/C7H9N3O/c8-5-3-4(7(9)10)1-2-6(5)11/h1-3,11H,8H2,(H3,9,10). The summed E-state index contributed by atoms with van der Waals surface area (Å²) >= 11 is 0. The molecule has 0 aliphatic heterocycles. The number of anilines is 1. The van der Waals surface area contributed by atoms with E-state index in [4.69, 9.17) is 22.0 Å². The Hall–Kier alpha value is -1.71. The van der Waals surface area contributed by atoms with E-state index in [0.717, 1.165) is 0 Å². The summed E-state index contributed by atoms with van der Waals surface area (Å²) in [6.45, 7) is 0. The van der Waals surface area contributed by atoms with Crippen molar-refractivity contribution in [1.82, 2.24) is 0 Å². The minimum absolute atomic E-state index is 0.00926. The van der Waals surface area contributed by atoms with Crippen LogP contribution in [0.1, 0.15) is 5.56 Å². The minimum Gasteiger partial charge on any atom is -0.506 e. The van der Waals surface area contributed by atoms with Crippen LogP contribution in [0.2, 0.25) is 0 Å². The van der Waals surface area contributed by atoms with Gasteiger partial charge in [0, 0.05) is 5.56 Å². The average Bonchev–Trinajstić information content (AvgIpc) is 1.94. The number of phenols is 1. The predicted molar refractivity (Wildman–Crippen MR) is 43.5 cm³/mol. The van der Waals surface area contributed by atoms with Crippen molar-refractivity contribution in [3.63, 3.8) is 0 Å². The highest BCUT2D eigenvalue weighted by molar-refractivity contribution is 5.96. The number of nitrogens with two attached hydrogens (primary N) is 2. The Morgan fingerprint density at radius 1 is 1.45 bits per heavy atom.